The Morgan fingerprint density at radius 3 is 2.55 bits per heavy atom. The molecule has 2 heterocycles. The Labute approximate surface area is 122 Å². The molecule has 0 saturated carbocycles. The van der Waals surface area contributed by atoms with Crippen LogP contribution >= 0.6 is 0 Å². The highest BCUT2D eigenvalue weighted by molar-refractivity contribution is 5.68. The van der Waals surface area contributed by atoms with E-state index in [1.807, 2.05) is 25.7 Å². The minimum absolute atomic E-state index is 0.178. The Morgan fingerprint density at radius 1 is 1.30 bits per heavy atom. The van der Waals surface area contributed by atoms with E-state index in [1.54, 1.807) is 0 Å². The lowest BCUT2D eigenvalue weighted by atomic mass is 10.0. The predicted molar refractivity (Wildman–Crippen MR) is 77.8 cm³/mol. The molecule has 0 aliphatic carbocycles. The van der Waals surface area contributed by atoms with Gasteiger partial charge in [0.15, 0.2) is 0 Å². The summed E-state index contributed by atoms with van der Waals surface area (Å²) < 4.78 is 11.3. The van der Waals surface area contributed by atoms with Crippen molar-refractivity contribution in [2.75, 3.05) is 26.2 Å². The number of hydrogen-bond acceptors (Lipinski definition) is 4. The molecule has 0 radical (unpaired) electrons. The quantitative estimate of drug-likeness (QED) is 0.863. The van der Waals surface area contributed by atoms with Gasteiger partial charge in [-0.1, -0.05) is 0 Å². The fourth-order valence-electron chi connectivity index (χ4n) is 2.82. The van der Waals surface area contributed by atoms with Crippen molar-refractivity contribution < 1.29 is 14.3 Å². The van der Waals surface area contributed by atoms with Crippen LogP contribution in [0.15, 0.2) is 0 Å². The van der Waals surface area contributed by atoms with Crippen molar-refractivity contribution in [3.8, 4) is 0 Å². The first-order valence-electron chi connectivity index (χ1n) is 7.77. The van der Waals surface area contributed by atoms with Crippen LogP contribution in [0.2, 0.25) is 0 Å². The van der Waals surface area contributed by atoms with Gasteiger partial charge in [0.05, 0.1) is 12.6 Å². The molecule has 0 aromatic carbocycles. The van der Waals surface area contributed by atoms with Crippen molar-refractivity contribution in [1.29, 1.82) is 0 Å². The molecule has 0 aromatic rings. The van der Waals surface area contributed by atoms with Gasteiger partial charge in [-0.15, -0.1) is 0 Å². The highest BCUT2D eigenvalue weighted by Gasteiger charge is 2.32. The van der Waals surface area contributed by atoms with Gasteiger partial charge in [-0.2, -0.15) is 0 Å². The van der Waals surface area contributed by atoms with Crippen LogP contribution < -0.4 is 5.32 Å². The number of rotatable bonds is 3. The van der Waals surface area contributed by atoms with Gasteiger partial charge in [0.1, 0.15) is 5.60 Å². The lowest BCUT2D eigenvalue weighted by Gasteiger charge is -2.36. The van der Waals surface area contributed by atoms with Crippen LogP contribution in [0.25, 0.3) is 0 Å². The van der Waals surface area contributed by atoms with Crippen LogP contribution in [-0.4, -0.2) is 55.0 Å². The minimum atomic E-state index is -0.446. The molecule has 0 aromatic heterocycles. The molecule has 1 amide bonds. The van der Waals surface area contributed by atoms with Crippen LogP contribution in [0, 0.1) is 0 Å². The van der Waals surface area contributed by atoms with Crippen LogP contribution in [0.3, 0.4) is 0 Å². The summed E-state index contributed by atoms with van der Waals surface area (Å²) in [4.78, 5) is 14.4. The van der Waals surface area contributed by atoms with E-state index >= 15 is 0 Å². The molecule has 2 rings (SSSR count). The molecular weight excluding hydrogens is 256 g/mol. The first kappa shape index (κ1) is 15.6. The molecule has 2 saturated heterocycles. The van der Waals surface area contributed by atoms with E-state index in [-0.39, 0.29) is 18.2 Å². The maximum absolute atomic E-state index is 12.5. The van der Waals surface area contributed by atoms with E-state index in [2.05, 4.69) is 5.32 Å². The predicted octanol–water partition coefficient (Wildman–Crippen LogP) is 2.15. The van der Waals surface area contributed by atoms with Crippen LogP contribution in [-0.2, 0) is 9.47 Å². The molecule has 2 aliphatic heterocycles. The second-order valence-corrected chi connectivity index (χ2v) is 6.75. The molecule has 116 valence electrons. The highest BCUT2D eigenvalue weighted by Crippen LogP contribution is 2.21. The number of amides is 1. The second-order valence-electron chi connectivity index (χ2n) is 6.75. The largest absolute Gasteiger partial charge is 0.444 e. The molecule has 2 fully saturated rings. The molecule has 20 heavy (non-hydrogen) atoms. The van der Waals surface area contributed by atoms with Crippen LogP contribution in [0.4, 0.5) is 4.79 Å². The molecule has 1 N–H and O–H groups in total. The van der Waals surface area contributed by atoms with Crippen molar-refractivity contribution in [3.63, 3.8) is 0 Å². The Morgan fingerprint density at radius 2 is 2.00 bits per heavy atom. The first-order valence-corrected chi connectivity index (χ1v) is 7.77. The molecule has 5 nitrogen and oxygen atoms in total. The van der Waals surface area contributed by atoms with Gasteiger partial charge < -0.3 is 19.7 Å². The fraction of sp³-hybridized carbons (Fsp3) is 0.933. The maximum atomic E-state index is 12.5. The first-order chi connectivity index (χ1) is 9.46. The third-order valence-corrected chi connectivity index (χ3v) is 3.80. The van der Waals surface area contributed by atoms with Gasteiger partial charge in [0, 0.05) is 12.6 Å². The number of nitrogens with zero attached hydrogens (tertiary/aromatic N) is 1. The van der Waals surface area contributed by atoms with Crippen molar-refractivity contribution in [1.82, 2.24) is 10.2 Å². The average Bonchev–Trinajstić information content (AvgIpc) is 2.87. The van der Waals surface area contributed by atoms with E-state index in [0.29, 0.717) is 6.54 Å². The topological polar surface area (TPSA) is 50.8 Å². The zero-order chi connectivity index (χ0) is 14.6. The Hall–Kier alpha value is -0.810. The summed E-state index contributed by atoms with van der Waals surface area (Å²) in [6, 6.07) is 0.273. The standard InChI is InChI=1S/C15H28N2O3/c1-15(2,3)20-14(18)17(11-13-5-4-10-19-13)12-6-8-16-9-7-12/h12-13,16H,4-11H2,1-3H3. The summed E-state index contributed by atoms with van der Waals surface area (Å²) in [6.07, 6.45) is 4.11. The van der Waals surface area contributed by atoms with E-state index in [1.165, 1.54) is 0 Å². The SMILES string of the molecule is CC(C)(C)OC(=O)N(CC1CCCO1)C1CCNCC1. The number of ether oxygens (including phenoxy) is 2. The normalized spacial score (nSPS) is 24.6. The van der Waals surface area contributed by atoms with E-state index in [9.17, 15) is 4.79 Å². The Balaban J connectivity index is 1.99. The van der Waals surface area contributed by atoms with E-state index in [0.717, 1.165) is 45.4 Å². The number of carbonyl (C=O) groups is 1. The minimum Gasteiger partial charge on any atom is -0.444 e. The molecule has 1 unspecified atom stereocenters. The highest BCUT2D eigenvalue weighted by atomic mass is 16.6. The lowest BCUT2D eigenvalue weighted by Crippen LogP contribution is -2.50. The van der Waals surface area contributed by atoms with Gasteiger partial charge in [0.2, 0.25) is 0 Å². The van der Waals surface area contributed by atoms with E-state index < -0.39 is 5.60 Å². The summed E-state index contributed by atoms with van der Waals surface area (Å²) in [5.41, 5.74) is -0.446. The number of carbonyl (C=O) groups excluding carboxylic acids is 1. The summed E-state index contributed by atoms with van der Waals surface area (Å²) in [5.74, 6) is 0. The molecular formula is C15H28N2O3. The summed E-state index contributed by atoms with van der Waals surface area (Å²) in [7, 11) is 0. The van der Waals surface area contributed by atoms with Gasteiger partial charge in [-0.05, 0) is 59.5 Å². The van der Waals surface area contributed by atoms with Crippen molar-refractivity contribution in [3.05, 3.63) is 0 Å². The van der Waals surface area contributed by atoms with Crippen LogP contribution in [0.1, 0.15) is 46.5 Å². The molecule has 1 atom stereocenters. The molecule has 0 spiro atoms. The van der Waals surface area contributed by atoms with Crippen molar-refractivity contribution >= 4 is 6.09 Å². The zero-order valence-corrected chi connectivity index (χ0v) is 13.0. The van der Waals surface area contributed by atoms with Gasteiger partial charge in [-0.25, -0.2) is 4.79 Å². The number of nitrogens with one attached hydrogen (secondary N) is 1. The van der Waals surface area contributed by atoms with E-state index in [4.69, 9.17) is 9.47 Å². The summed E-state index contributed by atoms with van der Waals surface area (Å²) >= 11 is 0. The third-order valence-electron chi connectivity index (χ3n) is 3.80. The van der Waals surface area contributed by atoms with Crippen molar-refractivity contribution in [2.24, 2.45) is 0 Å². The van der Waals surface area contributed by atoms with Crippen LogP contribution in [0.5, 0.6) is 0 Å². The molecule has 2 aliphatic rings. The summed E-state index contributed by atoms with van der Waals surface area (Å²) in [5, 5.41) is 3.34. The maximum Gasteiger partial charge on any atom is 0.410 e. The number of piperidine rings is 1. The Kier molecular flexibility index (Phi) is 5.27. The van der Waals surface area contributed by atoms with Crippen molar-refractivity contribution in [2.45, 2.75) is 64.2 Å². The summed E-state index contributed by atoms with van der Waals surface area (Å²) in [6.45, 7) is 9.16. The second kappa shape index (κ2) is 6.76. The zero-order valence-electron chi connectivity index (χ0n) is 13.0. The molecule has 5 heteroatoms. The fourth-order valence-corrected chi connectivity index (χ4v) is 2.82. The molecule has 0 bridgehead atoms. The Bertz CT molecular complexity index is 316. The van der Waals surface area contributed by atoms with Gasteiger partial charge in [-0.3, -0.25) is 0 Å². The lowest BCUT2D eigenvalue weighted by molar-refractivity contribution is -0.00367. The number of hydrogen-bond donors (Lipinski definition) is 1. The smallest absolute Gasteiger partial charge is 0.410 e. The van der Waals surface area contributed by atoms with Gasteiger partial charge >= 0.3 is 6.09 Å². The monoisotopic (exact) mass is 284 g/mol. The van der Waals surface area contributed by atoms with Gasteiger partial charge in [0.25, 0.3) is 0 Å². The average molecular weight is 284 g/mol. The third kappa shape index (κ3) is 4.63.